The molecule has 22 heavy (non-hydrogen) atoms. The maximum absolute atomic E-state index is 12.4. The van der Waals surface area contributed by atoms with E-state index in [-0.39, 0.29) is 17.2 Å². The van der Waals surface area contributed by atoms with E-state index in [2.05, 4.69) is 44.1 Å². The van der Waals surface area contributed by atoms with Gasteiger partial charge in [-0.2, -0.15) is 0 Å². The molecule has 1 aliphatic rings. The number of rotatable bonds is 5. The van der Waals surface area contributed by atoms with Gasteiger partial charge in [-0.1, -0.05) is 31.6 Å². The number of carbonyl (C=O) groups excluding carboxylic acids is 1. The molecule has 1 N–H and O–H groups in total. The summed E-state index contributed by atoms with van der Waals surface area (Å²) in [5.41, 5.74) is 2.36. The SMILES string of the molecule is CC(C)=C[C@H]1[C@H](C(=O)NCc2ccc(N(C)C)nc2)C1(C)C. The number of hydrogen-bond donors (Lipinski definition) is 1. The van der Waals surface area contributed by atoms with E-state index < -0.39 is 0 Å². The van der Waals surface area contributed by atoms with Crippen molar-refractivity contribution in [1.82, 2.24) is 10.3 Å². The van der Waals surface area contributed by atoms with Gasteiger partial charge in [0.15, 0.2) is 0 Å². The van der Waals surface area contributed by atoms with Crippen molar-refractivity contribution in [2.75, 3.05) is 19.0 Å². The van der Waals surface area contributed by atoms with E-state index in [1.807, 2.05) is 37.3 Å². The first kappa shape index (κ1) is 16.5. The van der Waals surface area contributed by atoms with Crippen LogP contribution in [0.3, 0.4) is 0 Å². The van der Waals surface area contributed by atoms with Crippen LogP contribution in [0.4, 0.5) is 5.82 Å². The first-order chi connectivity index (χ1) is 10.2. The minimum Gasteiger partial charge on any atom is -0.363 e. The largest absolute Gasteiger partial charge is 0.363 e. The molecule has 0 unspecified atom stereocenters. The Balaban J connectivity index is 1.92. The molecule has 1 heterocycles. The highest BCUT2D eigenvalue weighted by Gasteiger charge is 2.60. The average molecular weight is 301 g/mol. The zero-order valence-corrected chi connectivity index (χ0v) is 14.5. The molecule has 1 saturated carbocycles. The minimum atomic E-state index is 0.0639. The molecule has 0 bridgehead atoms. The summed E-state index contributed by atoms with van der Waals surface area (Å²) in [4.78, 5) is 18.7. The summed E-state index contributed by atoms with van der Waals surface area (Å²) in [7, 11) is 3.92. The molecule has 1 aliphatic carbocycles. The van der Waals surface area contributed by atoms with Crippen LogP contribution in [0.25, 0.3) is 0 Å². The third-order valence-electron chi connectivity index (χ3n) is 4.44. The number of carbonyl (C=O) groups is 1. The van der Waals surface area contributed by atoms with Crippen LogP contribution in [0.5, 0.6) is 0 Å². The lowest BCUT2D eigenvalue weighted by Crippen LogP contribution is -2.26. The summed E-state index contributed by atoms with van der Waals surface area (Å²) in [5, 5.41) is 3.05. The summed E-state index contributed by atoms with van der Waals surface area (Å²) in [6.45, 7) is 9.03. The molecular weight excluding hydrogens is 274 g/mol. The molecular formula is C18H27N3O. The molecule has 120 valence electrons. The van der Waals surface area contributed by atoms with Crippen LogP contribution in [0.15, 0.2) is 30.0 Å². The lowest BCUT2D eigenvalue weighted by Gasteiger charge is -2.11. The van der Waals surface area contributed by atoms with Crippen LogP contribution in [-0.2, 0) is 11.3 Å². The summed E-state index contributed by atoms with van der Waals surface area (Å²) in [6, 6.07) is 3.97. The monoisotopic (exact) mass is 301 g/mol. The van der Waals surface area contributed by atoms with E-state index in [0.717, 1.165) is 11.4 Å². The fourth-order valence-corrected chi connectivity index (χ4v) is 2.93. The molecule has 1 amide bonds. The number of aromatic nitrogens is 1. The molecule has 1 fully saturated rings. The van der Waals surface area contributed by atoms with Crippen LogP contribution in [0.2, 0.25) is 0 Å². The van der Waals surface area contributed by atoms with Gasteiger partial charge in [0, 0.05) is 26.8 Å². The smallest absolute Gasteiger partial charge is 0.224 e. The number of nitrogens with one attached hydrogen (secondary N) is 1. The Bertz CT molecular complexity index is 568. The Labute approximate surface area is 133 Å². The molecule has 4 nitrogen and oxygen atoms in total. The van der Waals surface area contributed by atoms with Crippen molar-refractivity contribution in [3.63, 3.8) is 0 Å². The lowest BCUT2D eigenvalue weighted by atomic mass is 10.1. The van der Waals surface area contributed by atoms with Gasteiger partial charge < -0.3 is 10.2 Å². The van der Waals surface area contributed by atoms with Gasteiger partial charge in [0.1, 0.15) is 5.82 Å². The van der Waals surface area contributed by atoms with Crippen molar-refractivity contribution in [3.8, 4) is 0 Å². The third kappa shape index (κ3) is 3.49. The van der Waals surface area contributed by atoms with Gasteiger partial charge in [0.25, 0.3) is 0 Å². The number of hydrogen-bond acceptors (Lipinski definition) is 3. The Kier molecular flexibility index (Phi) is 4.59. The number of pyridine rings is 1. The molecule has 0 saturated heterocycles. The molecule has 4 heteroatoms. The number of amides is 1. The molecule has 0 aromatic carbocycles. The molecule has 2 atom stereocenters. The van der Waals surface area contributed by atoms with Crippen LogP contribution in [0, 0.1) is 17.3 Å². The third-order valence-corrected chi connectivity index (χ3v) is 4.44. The van der Waals surface area contributed by atoms with Crippen LogP contribution >= 0.6 is 0 Å². The van der Waals surface area contributed by atoms with Crippen LogP contribution in [0.1, 0.15) is 33.3 Å². The molecule has 0 aliphatic heterocycles. The fraction of sp³-hybridized carbons (Fsp3) is 0.556. The summed E-state index contributed by atoms with van der Waals surface area (Å²) in [5.74, 6) is 1.49. The van der Waals surface area contributed by atoms with Gasteiger partial charge in [0.05, 0.1) is 5.92 Å². The van der Waals surface area contributed by atoms with E-state index in [1.165, 1.54) is 5.57 Å². The highest BCUT2D eigenvalue weighted by Crippen LogP contribution is 2.59. The highest BCUT2D eigenvalue weighted by molar-refractivity contribution is 5.83. The number of anilines is 1. The first-order valence-electron chi connectivity index (χ1n) is 7.78. The van der Waals surface area contributed by atoms with E-state index in [9.17, 15) is 4.79 Å². The van der Waals surface area contributed by atoms with Crippen molar-refractivity contribution in [1.29, 1.82) is 0 Å². The quantitative estimate of drug-likeness (QED) is 0.850. The van der Waals surface area contributed by atoms with Crippen molar-refractivity contribution < 1.29 is 4.79 Å². The Hall–Kier alpha value is -1.84. The second-order valence-electron chi connectivity index (χ2n) is 7.21. The fourth-order valence-electron chi connectivity index (χ4n) is 2.93. The van der Waals surface area contributed by atoms with Gasteiger partial charge in [-0.3, -0.25) is 4.79 Å². The Morgan fingerprint density at radius 3 is 2.55 bits per heavy atom. The van der Waals surface area contributed by atoms with Gasteiger partial charge >= 0.3 is 0 Å². The van der Waals surface area contributed by atoms with Crippen molar-refractivity contribution in [2.24, 2.45) is 17.3 Å². The molecule has 1 aromatic rings. The predicted octanol–water partition coefficient (Wildman–Crippen LogP) is 3.00. The average Bonchev–Trinajstić information content (AvgIpc) is 2.96. The predicted molar refractivity (Wildman–Crippen MR) is 90.6 cm³/mol. The van der Waals surface area contributed by atoms with E-state index in [4.69, 9.17) is 0 Å². The summed E-state index contributed by atoms with van der Waals surface area (Å²) in [6.07, 6.45) is 4.04. The van der Waals surface area contributed by atoms with Gasteiger partial charge in [0.2, 0.25) is 5.91 Å². The van der Waals surface area contributed by atoms with E-state index in [0.29, 0.717) is 12.5 Å². The molecule has 0 radical (unpaired) electrons. The second-order valence-corrected chi connectivity index (χ2v) is 7.21. The molecule has 2 rings (SSSR count). The topological polar surface area (TPSA) is 45.2 Å². The van der Waals surface area contributed by atoms with Crippen molar-refractivity contribution in [3.05, 3.63) is 35.5 Å². The number of allylic oxidation sites excluding steroid dienone is 2. The standard InChI is InChI=1S/C18H27N3O/c1-12(2)9-14-16(18(14,3)4)17(22)20-11-13-7-8-15(19-10-13)21(5)6/h7-10,14,16H,11H2,1-6H3,(H,20,22)/t14-,16+/m0/s1. The molecule has 0 spiro atoms. The van der Waals surface area contributed by atoms with E-state index >= 15 is 0 Å². The van der Waals surface area contributed by atoms with Crippen molar-refractivity contribution >= 4 is 11.7 Å². The summed E-state index contributed by atoms with van der Waals surface area (Å²) >= 11 is 0. The maximum Gasteiger partial charge on any atom is 0.224 e. The van der Waals surface area contributed by atoms with Crippen LogP contribution in [-0.4, -0.2) is 25.0 Å². The van der Waals surface area contributed by atoms with Gasteiger partial charge in [-0.15, -0.1) is 0 Å². The zero-order chi connectivity index (χ0) is 16.5. The summed E-state index contributed by atoms with van der Waals surface area (Å²) < 4.78 is 0. The molecule has 1 aromatic heterocycles. The minimum absolute atomic E-state index is 0.0639. The Morgan fingerprint density at radius 1 is 1.36 bits per heavy atom. The second kappa shape index (κ2) is 6.11. The first-order valence-corrected chi connectivity index (χ1v) is 7.78. The van der Waals surface area contributed by atoms with E-state index in [1.54, 1.807) is 0 Å². The normalized spacial score (nSPS) is 21.9. The maximum atomic E-state index is 12.4. The van der Waals surface area contributed by atoms with Gasteiger partial charge in [-0.25, -0.2) is 4.98 Å². The van der Waals surface area contributed by atoms with Gasteiger partial charge in [-0.05, 0) is 36.8 Å². The van der Waals surface area contributed by atoms with Crippen molar-refractivity contribution in [2.45, 2.75) is 34.2 Å². The Morgan fingerprint density at radius 2 is 2.05 bits per heavy atom. The van der Waals surface area contributed by atoms with Crippen LogP contribution < -0.4 is 10.2 Å². The number of nitrogens with zero attached hydrogens (tertiary/aromatic N) is 2. The lowest BCUT2D eigenvalue weighted by molar-refractivity contribution is -0.123. The highest BCUT2D eigenvalue weighted by atomic mass is 16.2. The zero-order valence-electron chi connectivity index (χ0n) is 14.5.